The quantitative estimate of drug-likeness (QED) is 0.800. The Balaban J connectivity index is 1.46. The third-order valence-corrected chi connectivity index (χ3v) is 7.21. The summed E-state index contributed by atoms with van der Waals surface area (Å²) in [5, 5.41) is 2.83. The van der Waals surface area contributed by atoms with Crippen LogP contribution in [0.3, 0.4) is 0 Å². The largest absolute Gasteiger partial charge is 0.486 e. The predicted octanol–water partition coefficient (Wildman–Crippen LogP) is 2.94. The minimum absolute atomic E-state index is 0.0498. The summed E-state index contributed by atoms with van der Waals surface area (Å²) in [6.45, 7) is 2.85. The molecule has 0 aliphatic carbocycles. The van der Waals surface area contributed by atoms with Crippen LogP contribution in [0.5, 0.6) is 11.5 Å². The first-order valence-corrected chi connectivity index (χ1v) is 11.3. The second kappa shape index (κ2) is 8.23. The second-order valence-corrected chi connectivity index (χ2v) is 9.40. The molecule has 0 unspecified atom stereocenters. The van der Waals surface area contributed by atoms with Gasteiger partial charge in [-0.15, -0.1) is 0 Å². The maximum absolute atomic E-state index is 13.9. The zero-order valence-electron chi connectivity index (χ0n) is 16.6. The Labute approximate surface area is 174 Å². The van der Waals surface area contributed by atoms with Gasteiger partial charge in [0.25, 0.3) is 0 Å². The molecular formula is C21H23FN2O5S. The van der Waals surface area contributed by atoms with Crippen LogP contribution < -0.4 is 14.8 Å². The lowest BCUT2D eigenvalue weighted by Crippen LogP contribution is -2.43. The summed E-state index contributed by atoms with van der Waals surface area (Å²) in [5.41, 5.74) is 0.939. The second-order valence-electron chi connectivity index (χ2n) is 7.46. The fraction of sp³-hybridized carbons (Fsp3) is 0.381. The van der Waals surface area contributed by atoms with Crippen molar-refractivity contribution in [2.24, 2.45) is 5.92 Å². The van der Waals surface area contributed by atoms with Gasteiger partial charge in [-0.2, -0.15) is 4.31 Å². The summed E-state index contributed by atoms with van der Waals surface area (Å²) >= 11 is 0. The average molecular weight is 434 g/mol. The van der Waals surface area contributed by atoms with Crippen molar-refractivity contribution in [2.45, 2.75) is 24.7 Å². The lowest BCUT2D eigenvalue weighted by atomic mass is 9.98. The third kappa shape index (κ3) is 4.13. The number of rotatable bonds is 4. The van der Waals surface area contributed by atoms with Crippen molar-refractivity contribution in [1.82, 2.24) is 4.31 Å². The SMILES string of the molecule is Cc1ccc(S(=O)(=O)N2CCC[C@H](C(=O)Nc3ccc4c(c3)OCCO4)C2)cc1F. The van der Waals surface area contributed by atoms with E-state index >= 15 is 0 Å². The predicted molar refractivity (Wildman–Crippen MR) is 109 cm³/mol. The lowest BCUT2D eigenvalue weighted by Gasteiger charge is -2.31. The van der Waals surface area contributed by atoms with Crippen LogP contribution in [0.15, 0.2) is 41.3 Å². The molecule has 160 valence electrons. The number of ether oxygens (including phenoxy) is 2. The van der Waals surface area contributed by atoms with Gasteiger partial charge >= 0.3 is 0 Å². The van der Waals surface area contributed by atoms with Crippen molar-refractivity contribution in [3.63, 3.8) is 0 Å². The molecule has 1 N–H and O–H groups in total. The number of aryl methyl sites for hydroxylation is 1. The van der Waals surface area contributed by atoms with Crippen LogP contribution in [0.1, 0.15) is 18.4 Å². The van der Waals surface area contributed by atoms with Gasteiger partial charge < -0.3 is 14.8 Å². The number of sulfonamides is 1. The highest BCUT2D eigenvalue weighted by Crippen LogP contribution is 2.33. The van der Waals surface area contributed by atoms with Gasteiger partial charge in [-0.25, -0.2) is 12.8 Å². The van der Waals surface area contributed by atoms with Gasteiger partial charge in [-0.05, 0) is 49.6 Å². The van der Waals surface area contributed by atoms with Crippen molar-refractivity contribution in [2.75, 3.05) is 31.6 Å². The van der Waals surface area contributed by atoms with Gasteiger partial charge in [0.2, 0.25) is 15.9 Å². The summed E-state index contributed by atoms with van der Waals surface area (Å²) in [6, 6.07) is 9.01. The van der Waals surface area contributed by atoms with Crippen LogP contribution in [0.25, 0.3) is 0 Å². The highest BCUT2D eigenvalue weighted by molar-refractivity contribution is 7.89. The third-order valence-electron chi connectivity index (χ3n) is 5.35. The molecule has 0 bridgehead atoms. The van der Waals surface area contributed by atoms with E-state index in [0.29, 0.717) is 55.4 Å². The monoisotopic (exact) mass is 434 g/mol. The van der Waals surface area contributed by atoms with Crippen molar-refractivity contribution in [3.8, 4) is 11.5 Å². The van der Waals surface area contributed by atoms with Crippen LogP contribution in [-0.4, -0.2) is 44.9 Å². The first-order chi connectivity index (χ1) is 14.3. The fourth-order valence-electron chi connectivity index (χ4n) is 3.62. The molecule has 1 atom stereocenters. The highest BCUT2D eigenvalue weighted by atomic mass is 32.2. The van der Waals surface area contributed by atoms with Crippen LogP contribution in [-0.2, 0) is 14.8 Å². The summed E-state index contributed by atoms with van der Waals surface area (Å²) in [6.07, 6.45) is 1.12. The molecule has 9 heteroatoms. The van der Waals surface area contributed by atoms with E-state index in [9.17, 15) is 17.6 Å². The molecule has 30 heavy (non-hydrogen) atoms. The summed E-state index contributed by atoms with van der Waals surface area (Å²) in [7, 11) is -3.88. The van der Waals surface area contributed by atoms with Crippen LogP contribution in [0.2, 0.25) is 0 Å². The molecule has 0 aromatic heterocycles. The molecule has 2 aromatic carbocycles. The number of amides is 1. The normalized spacial score (nSPS) is 19.3. The van der Waals surface area contributed by atoms with Crippen molar-refractivity contribution in [1.29, 1.82) is 0 Å². The molecule has 0 radical (unpaired) electrons. The van der Waals surface area contributed by atoms with E-state index in [1.807, 2.05) is 0 Å². The van der Waals surface area contributed by atoms with Crippen molar-refractivity contribution < 1.29 is 27.1 Å². The highest BCUT2D eigenvalue weighted by Gasteiger charge is 2.33. The average Bonchev–Trinajstić information content (AvgIpc) is 2.75. The molecule has 2 aromatic rings. The maximum Gasteiger partial charge on any atom is 0.243 e. The Morgan fingerprint density at radius 2 is 1.90 bits per heavy atom. The molecule has 2 aliphatic heterocycles. The van der Waals surface area contributed by atoms with Crippen LogP contribution >= 0.6 is 0 Å². The van der Waals surface area contributed by atoms with Gasteiger partial charge in [0.15, 0.2) is 11.5 Å². The van der Waals surface area contributed by atoms with Crippen molar-refractivity contribution in [3.05, 3.63) is 47.8 Å². The van der Waals surface area contributed by atoms with E-state index in [0.717, 1.165) is 6.07 Å². The Kier molecular flexibility index (Phi) is 5.66. The smallest absolute Gasteiger partial charge is 0.243 e. The van der Waals surface area contributed by atoms with E-state index in [2.05, 4.69) is 5.32 Å². The number of piperidine rings is 1. The first kappa shape index (κ1) is 20.6. The van der Waals surface area contributed by atoms with Gasteiger partial charge in [-0.3, -0.25) is 4.79 Å². The number of carbonyl (C=O) groups excluding carboxylic acids is 1. The number of anilines is 1. The van der Waals surface area contributed by atoms with E-state index < -0.39 is 21.8 Å². The molecular weight excluding hydrogens is 411 g/mol. The summed E-state index contributed by atoms with van der Waals surface area (Å²) in [5.74, 6) is -0.146. The Morgan fingerprint density at radius 1 is 1.13 bits per heavy atom. The molecule has 1 saturated heterocycles. The molecule has 0 spiro atoms. The number of hydrogen-bond donors (Lipinski definition) is 1. The van der Waals surface area contributed by atoms with E-state index in [4.69, 9.17) is 9.47 Å². The standard InChI is InChI=1S/C21H23FN2O5S/c1-14-4-6-17(12-18(14)22)30(26,27)24-8-2-3-15(13-24)21(25)23-16-5-7-19-20(11-16)29-10-9-28-19/h4-7,11-12,15H,2-3,8-10,13H2,1H3,(H,23,25)/t15-/m0/s1. The van der Waals surface area contributed by atoms with Gasteiger partial charge in [0.1, 0.15) is 19.0 Å². The molecule has 4 rings (SSSR count). The molecule has 1 fully saturated rings. The lowest BCUT2D eigenvalue weighted by molar-refractivity contribution is -0.120. The molecule has 2 heterocycles. The number of benzene rings is 2. The molecule has 0 saturated carbocycles. The number of nitrogens with one attached hydrogen (secondary N) is 1. The number of carbonyl (C=O) groups is 1. The number of fused-ring (bicyclic) bond motifs is 1. The minimum Gasteiger partial charge on any atom is -0.486 e. The van der Waals surface area contributed by atoms with Crippen molar-refractivity contribution >= 4 is 21.6 Å². The Morgan fingerprint density at radius 3 is 2.67 bits per heavy atom. The topological polar surface area (TPSA) is 84.9 Å². The molecule has 1 amide bonds. The molecule has 2 aliphatic rings. The zero-order valence-corrected chi connectivity index (χ0v) is 17.4. The van der Waals surface area contributed by atoms with E-state index in [1.54, 1.807) is 25.1 Å². The van der Waals surface area contributed by atoms with E-state index in [-0.39, 0.29) is 17.3 Å². The summed E-state index contributed by atoms with van der Waals surface area (Å²) in [4.78, 5) is 12.7. The zero-order chi connectivity index (χ0) is 21.3. The minimum atomic E-state index is -3.88. The van der Waals surface area contributed by atoms with Gasteiger partial charge in [-0.1, -0.05) is 6.07 Å². The fourth-order valence-corrected chi connectivity index (χ4v) is 5.16. The maximum atomic E-state index is 13.9. The van der Waals surface area contributed by atoms with Crippen LogP contribution in [0.4, 0.5) is 10.1 Å². The van der Waals surface area contributed by atoms with E-state index in [1.165, 1.54) is 16.4 Å². The first-order valence-electron chi connectivity index (χ1n) is 9.81. The summed E-state index contributed by atoms with van der Waals surface area (Å²) < 4.78 is 52.0. The van der Waals surface area contributed by atoms with Gasteiger partial charge in [0, 0.05) is 24.8 Å². The van der Waals surface area contributed by atoms with Crippen LogP contribution in [0, 0.1) is 18.7 Å². The number of nitrogens with zero attached hydrogens (tertiary/aromatic N) is 1. The Bertz CT molecular complexity index is 1070. The Hall–Kier alpha value is -2.65. The van der Waals surface area contributed by atoms with Gasteiger partial charge in [0.05, 0.1) is 10.8 Å². The molecule has 7 nitrogen and oxygen atoms in total. The number of halogens is 1. The number of hydrogen-bond acceptors (Lipinski definition) is 5.